The molecule has 0 N–H and O–H groups in total. The molecule has 0 aliphatic heterocycles. The van der Waals surface area contributed by atoms with Crippen LogP contribution in [0.3, 0.4) is 0 Å². The molecular formula is C45H30ClN3SSi. The van der Waals surface area contributed by atoms with Gasteiger partial charge in [-0.2, -0.15) is 9.97 Å². The third-order valence-electron chi connectivity index (χ3n) is 9.64. The average Bonchev–Trinajstić information content (AvgIpc) is 3.57. The van der Waals surface area contributed by atoms with Gasteiger partial charge < -0.3 is 0 Å². The second kappa shape index (κ2) is 13.2. The fraction of sp³-hybridized carbons (Fsp3) is 0. The molecule has 0 aliphatic rings. The van der Waals surface area contributed by atoms with E-state index in [1.165, 1.54) is 40.9 Å². The molecule has 242 valence electrons. The summed E-state index contributed by atoms with van der Waals surface area (Å²) in [5, 5.41) is 7.82. The van der Waals surface area contributed by atoms with Crippen LogP contribution in [-0.4, -0.2) is 23.0 Å². The van der Waals surface area contributed by atoms with Crippen LogP contribution in [0.5, 0.6) is 0 Å². The van der Waals surface area contributed by atoms with E-state index in [0.29, 0.717) is 11.6 Å². The molecule has 0 saturated carbocycles. The minimum absolute atomic E-state index is 0.159. The molecule has 51 heavy (non-hydrogen) atoms. The molecule has 2 aromatic heterocycles. The van der Waals surface area contributed by atoms with Crippen molar-refractivity contribution in [2.45, 2.75) is 0 Å². The lowest BCUT2D eigenvalue weighted by Gasteiger charge is -2.34. The number of halogens is 1. The monoisotopic (exact) mass is 707 g/mol. The first kappa shape index (κ1) is 31.3. The van der Waals surface area contributed by atoms with Gasteiger partial charge in [0, 0.05) is 31.3 Å². The SMILES string of the molecule is Clc1nc(-c2cccc([Si](c3ccccc3)(c3ccccc3)c3ccccc3)c2)nc(-c2ccccc2-c2ccc3sc4ccccc4c3c2)n1. The van der Waals surface area contributed by atoms with Crippen molar-refractivity contribution >= 4 is 71.9 Å². The van der Waals surface area contributed by atoms with Gasteiger partial charge in [0.25, 0.3) is 0 Å². The van der Waals surface area contributed by atoms with Crippen LogP contribution in [0.25, 0.3) is 54.1 Å². The standard InChI is InChI=1S/C45H30ClN3SSi/c46-45-48-43(47-44(49-45)39-25-11-10-23-37(39)31-27-28-42-40(30-31)38-24-12-13-26-41(38)50-42)32-15-14-22-36(29-32)51(33-16-4-1-5-17-33,34-18-6-2-7-19-34)35-20-8-3-9-21-35/h1-30H. The minimum Gasteiger partial charge on any atom is -0.208 e. The van der Waals surface area contributed by atoms with Crippen molar-refractivity contribution in [1.82, 2.24) is 15.0 Å². The Morgan fingerprint density at radius 2 is 0.941 bits per heavy atom. The smallest absolute Gasteiger partial charge is 0.208 e. The van der Waals surface area contributed by atoms with Gasteiger partial charge in [-0.3, -0.25) is 0 Å². The highest BCUT2D eigenvalue weighted by molar-refractivity contribution is 7.25. The van der Waals surface area contributed by atoms with Crippen LogP contribution in [0.1, 0.15) is 0 Å². The number of benzene rings is 7. The largest absolute Gasteiger partial charge is 0.226 e. The second-order valence-electron chi connectivity index (χ2n) is 12.5. The van der Waals surface area contributed by atoms with Crippen molar-refractivity contribution in [2.75, 3.05) is 0 Å². The Hall–Kier alpha value is -5.72. The first-order valence-corrected chi connectivity index (χ1v) is 20.1. The number of thiophene rings is 1. The Bertz CT molecular complexity index is 2570. The maximum atomic E-state index is 6.74. The van der Waals surface area contributed by atoms with E-state index in [2.05, 4.69) is 181 Å². The molecule has 0 aliphatic carbocycles. The zero-order valence-corrected chi connectivity index (χ0v) is 30.0. The summed E-state index contributed by atoms with van der Waals surface area (Å²) in [4.78, 5) is 14.5. The Labute approximate surface area is 306 Å². The molecule has 0 radical (unpaired) electrons. The molecule has 7 aromatic carbocycles. The van der Waals surface area contributed by atoms with Crippen LogP contribution in [-0.2, 0) is 0 Å². The minimum atomic E-state index is -2.75. The summed E-state index contributed by atoms with van der Waals surface area (Å²) in [5.74, 6) is 1.08. The molecule has 0 amide bonds. The molecule has 6 heteroatoms. The summed E-state index contributed by atoms with van der Waals surface area (Å²) in [7, 11) is -2.75. The van der Waals surface area contributed by atoms with Crippen molar-refractivity contribution in [3.8, 4) is 33.9 Å². The van der Waals surface area contributed by atoms with Crippen molar-refractivity contribution in [3.05, 3.63) is 187 Å². The lowest BCUT2D eigenvalue weighted by molar-refractivity contribution is 1.07. The highest BCUT2D eigenvalue weighted by atomic mass is 35.5. The third-order valence-corrected chi connectivity index (χ3v) is 15.7. The first-order valence-electron chi connectivity index (χ1n) is 16.9. The summed E-state index contributed by atoms with van der Waals surface area (Å²) in [5.41, 5.74) is 3.94. The van der Waals surface area contributed by atoms with E-state index in [4.69, 9.17) is 21.6 Å². The van der Waals surface area contributed by atoms with Gasteiger partial charge in [-0.1, -0.05) is 164 Å². The zero-order chi connectivity index (χ0) is 34.2. The molecular weight excluding hydrogens is 678 g/mol. The summed E-state index contributed by atoms with van der Waals surface area (Å²) in [6, 6.07) is 64.9. The Morgan fingerprint density at radius 1 is 0.392 bits per heavy atom. The van der Waals surface area contributed by atoms with E-state index >= 15 is 0 Å². The number of fused-ring (bicyclic) bond motifs is 3. The quantitative estimate of drug-likeness (QED) is 0.122. The normalized spacial score (nSPS) is 11.6. The van der Waals surface area contributed by atoms with Crippen molar-refractivity contribution in [3.63, 3.8) is 0 Å². The van der Waals surface area contributed by atoms with E-state index in [-0.39, 0.29) is 5.28 Å². The van der Waals surface area contributed by atoms with Gasteiger partial charge in [0.15, 0.2) is 19.7 Å². The number of rotatable bonds is 7. The van der Waals surface area contributed by atoms with Crippen molar-refractivity contribution < 1.29 is 0 Å². The van der Waals surface area contributed by atoms with Crippen LogP contribution >= 0.6 is 22.9 Å². The van der Waals surface area contributed by atoms with Gasteiger partial charge in [-0.05, 0) is 61.7 Å². The summed E-state index contributed by atoms with van der Waals surface area (Å²) >= 11 is 8.56. The van der Waals surface area contributed by atoms with Crippen LogP contribution in [0.15, 0.2) is 182 Å². The topological polar surface area (TPSA) is 38.7 Å². The lowest BCUT2D eigenvalue weighted by atomic mass is 9.97. The third kappa shape index (κ3) is 5.56. The van der Waals surface area contributed by atoms with Crippen molar-refractivity contribution in [2.24, 2.45) is 0 Å². The highest BCUT2D eigenvalue weighted by Crippen LogP contribution is 2.38. The molecule has 0 spiro atoms. The second-order valence-corrected chi connectivity index (χ2v) is 17.8. The Kier molecular flexibility index (Phi) is 8.09. The average molecular weight is 708 g/mol. The summed E-state index contributed by atoms with van der Waals surface area (Å²) in [6.07, 6.45) is 0. The predicted molar refractivity (Wildman–Crippen MR) is 218 cm³/mol. The highest BCUT2D eigenvalue weighted by Gasteiger charge is 2.41. The van der Waals surface area contributed by atoms with Crippen LogP contribution in [0.4, 0.5) is 0 Å². The number of hydrogen-bond acceptors (Lipinski definition) is 4. The summed E-state index contributed by atoms with van der Waals surface area (Å²) in [6.45, 7) is 0. The van der Waals surface area contributed by atoms with Crippen LogP contribution in [0, 0.1) is 0 Å². The van der Waals surface area contributed by atoms with E-state index in [1.807, 2.05) is 17.4 Å². The van der Waals surface area contributed by atoms with Crippen LogP contribution < -0.4 is 20.7 Å². The molecule has 0 fully saturated rings. The first-order chi connectivity index (χ1) is 25.2. The molecule has 0 bridgehead atoms. The lowest BCUT2D eigenvalue weighted by Crippen LogP contribution is -2.74. The molecule has 0 unspecified atom stereocenters. The van der Waals surface area contributed by atoms with Gasteiger partial charge in [0.1, 0.15) is 0 Å². The van der Waals surface area contributed by atoms with E-state index in [9.17, 15) is 0 Å². The summed E-state index contributed by atoms with van der Waals surface area (Å²) < 4.78 is 2.55. The van der Waals surface area contributed by atoms with Crippen LogP contribution in [0.2, 0.25) is 5.28 Å². The maximum Gasteiger partial charge on any atom is 0.226 e. The maximum absolute atomic E-state index is 6.74. The molecule has 9 aromatic rings. The molecule has 2 heterocycles. The number of aromatic nitrogens is 3. The number of nitrogens with zero attached hydrogens (tertiary/aromatic N) is 3. The molecule has 9 rings (SSSR count). The van der Waals surface area contributed by atoms with Gasteiger partial charge in [0.05, 0.1) is 0 Å². The van der Waals surface area contributed by atoms with Crippen molar-refractivity contribution in [1.29, 1.82) is 0 Å². The number of hydrogen-bond donors (Lipinski definition) is 0. The Balaban J connectivity index is 1.20. The van der Waals surface area contributed by atoms with E-state index in [0.717, 1.165) is 22.3 Å². The van der Waals surface area contributed by atoms with Gasteiger partial charge in [-0.15, -0.1) is 11.3 Å². The van der Waals surface area contributed by atoms with E-state index in [1.54, 1.807) is 0 Å². The fourth-order valence-electron chi connectivity index (χ4n) is 7.38. The predicted octanol–water partition coefficient (Wildman–Crippen LogP) is 9.27. The molecule has 0 atom stereocenters. The fourth-order valence-corrected chi connectivity index (χ4v) is 13.4. The van der Waals surface area contributed by atoms with Gasteiger partial charge >= 0.3 is 0 Å². The van der Waals surface area contributed by atoms with E-state index < -0.39 is 8.07 Å². The molecule has 3 nitrogen and oxygen atoms in total. The molecule has 0 saturated heterocycles. The zero-order valence-electron chi connectivity index (χ0n) is 27.4. The van der Waals surface area contributed by atoms with Gasteiger partial charge in [-0.25, -0.2) is 4.98 Å². The Morgan fingerprint density at radius 3 is 1.63 bits per heavy atom. The van der Waals surface area contributed by atoms with Gasteiger partial charge in [0.2, 0.25) is 5.28 Å².